The Hall–Kier alpha value is -1.90. The molecule has 0 aromatic heterocycles. The SMILES string of the molecule is O=C(Nc1cccc(Br)c1)c1ccc(O)c(S(=O)(=O)N2CCCCCC2)c1. The van der Waals surface area contributed by atoms with Crippen LogP contribution >= 0.6 is 15.9 Å². The van der Waals surface area contributed by atoms with Crippen molar-refractivity contribution < 1.29 is 18.3 Å². The monoisotopic (exact) mass is 452 g/mol. The third-order valence-electron chi connectivity index (χ3n) is 4.49. The quantitative estimate of drug-likeness (QED) is 0.734. The van der Waals surface area contributed by atoms with Crippen LogP contribution in [-0.2, 0) is 10.0 Å². The molecule has 1 heterocycles. The molecular formula is C19H21BrN2O4S. The van der Waals surface area contributed by atoms with Gasteiger partial charge in [0.2, 0.25) is 10.0 Å². The number of anilines is 1. The molecule has 1 amide bonds. The van der Waals surface area contributed by atoms with E-state index >= 15 is 0 Å². The molecule has 6 nitrogen and oxygen atoms in total. The molecule has 0 bridgehead atoms. The predicted molar refractivity (Wildman–Crippen MR) is 107 cm³/mol. The Morgan fingerprint density at radius 2 is 1.74 bits per heavy atom. The molecule has 0 aliphatic carbocycles. The molecule has 1 saturated heterocycles. The minimum absolute atomic E-state index is 0.168. The largest absolute Gasteiger partial charge is 0.507 e. The lowest BCUT2D eigenvalue weighted by molar-refractivity contribution is 0.102. The zero-order valence-corrected chi connectivity index (χ0v) is 17.1. The van der Waals surface area contributed by atoms with Gasteiger partial charge in [-0.15, -0.1) is 0 Å². The van der Waals surface area contributed by atoms with Crippen LogP contribution in [0.15, 0.2) is 51.8 Å². The summed E-state index contributed by atoms with van der Waals surface area (Å²) in [7, 11) is -3.86. The summed E-state index contributed by atoms with van der Waals surface area (Å²) in [5.74, 6) is -0.793. The number of aromatic hydroxyl groups is 1. The average molecular weight is 453 g/mol. The van der Waals surface area contributed by atoms with Gasteiger partial charge < -0.3 is 10.4 Å². The first-order chi connectivity index (χ1) is 12.9. The molecule has 0 spiro atoms. The van der Waals surface area contributed by atoms with Crippen LogP contribution in [-0.4, -0.2) is 36.8 Å². The number of halogens is 1. The number of rotatable bonds is 4. The number of carbonyl (C=O) groups excluding carboxylic acids is 1. The van der Waals surface area contributed by atoms with Crippen molar-refractivity contribution in [3.63, 3.8) is 0 Å². The number of hydrogen-bond donors (Lipinski definition) is 2. The van der Waals surface area contributed by atoms with Crippen LogP contribution in [0.5, 0.6) is 5.75 Å². The van der Waals surface area contributed by atoms with Gasteiger partial charge in [0.05, 0.1) is 0 Å². The summed E-state index contributed by atoms with van der Waals surface area (Å²) >= 11 is 3.34. The van der Waals surface area contributed by atoms with E-state index in [4.69, 9.17) is 0 Å². The minimum Gasteiger partial charge on any atom is -0.507 e. The molecule has 2 N–H and O–H groups in total. The number of benzene rings is 2. The maximum absolute atomic E-state index is 13.0. The van der Waals surface area contributed by atoms with E-state index in [1.165, 1.54) is 22.5 Å². The molecule has 1 aliphatic heterocycles. The van der Waals surface area contributed by atoms with E-state index in [2.05, 4.69) is 21.2 Å². The van der Waals surface area contributed by atoms with Crippen molar-refractivity contribution >= 4 is 37.5 Å². The van der Waals surface area contributed by atoms with Gasteiger partial charge in [-0.05, 0) is 49.2 Å². The Kier molecular flexibility index (Phi) is 6.18. The Morgan fingerprint density at radius 1 is 1.04 bits per heavy atom. The molecule has 144 valence electrons. The first-order valence-electron chi connectivity index (χ1n) is 8.78. The Bertz CT molecular complexity index is 938. The summed E-state index contributed by atoms with van der Waals surface area (Å²) in [5.41, 5.74) is 0.751. The smallest absolute Gasteiger partial charge is 0.255 e. The number of carbonyl (C=O) groups is 1. The van der Waals surface area contributed by atoms with Crippen molar-refractivity contribution in [1.29, 1.82) is 0 Å². The number of amides is 1. The van der Waals surface area contributed by atoms with Crippen LogP contribution in [0.3, 0.4) is 0 Å². The van der Waals surface area contributed by atoms with Gasteiger partial charge in [0.25, 0.3) is 5.91 Å². The predicted octanol–water partition coefficient (Wildman–Crippen LogP) is 3.97. The Balaban J connectivity index is 1.88. The second kappa shape index (κ2) is 8.41. The van der Waals surface area contributed by atoms with Crippen molar-refractivity contribution in [2.45, 2.75) is 30.6 Å². The van der Waals surface area contributed by atoms with E-state index in [0.29, 0.717) is 18.8 Å². The number of phenols is 1. The molecule has 8 heteroatoms. The van der Waals surface area contributed by atoms with E-state index in [1.807, 2.05) is 6.07 Å². The maximum atomic E-state index is 13.0. The highest BCUT2D eigenvalue weighted by atomic mass is 79.9. The molecule has 1 fully saturated rings. The van der Waals surface area contributed by atoms with Crippen LogP contribution in [0.2, 0.25) is 0 Å². The second-order valence-corrected chi connectivity index (χ2v) is 9.29. The first-order valence-corrected chi connectivity index (χ1v) is 11.0. The van der Waals surface area contributed by atoms with Gasteiger partial charge in [0, 0.05) is 28.8 Å². The van der Waals surface area contributed by atoms with Crippen molar-refractivity contribution in [2.24, 2.45) is 0 Å². The summed E-state index contributed by atoms with van der Waals surface area (Å²) in [5, 5.41) is 12.9. The van der Waals surface area contributed by atoms with Crippen LogP contribution < -0.4 is 5.32 Å². The summed E-state index contributed by atoms with van der Waals surface area (Å²) in [4.78, 5) is 12.3. The van der Waals surface area contributed by atoms with Crippen molar-refractivity contribution in [2.75, 3.05) is 18.4 Å². The highest BCUT2D eigenvalue weighted by molar-refractivity contribution is 9.10. The van der Waals surface area contributed by atoms with E-state index in [-0.39, 0.29) is 16.2 Å². The fourth-order valence-corrected chi connectivity index (χ4v) is 5.08. The second-order valence-electron chi connectivity index (χ2n) is 6.47. The number of nitrogens with one attached hydrogen (secondary N) is 1. The first kappa shape index (κ1) is 19.9. The van der Waals surface area contributed by atoms with Crippen LogP contribution in [0.25, 0.3) is 0 Å². The molecule has 27 heavy (non-hydrogen) atoms. The molecule has 2 aromatic rings. The van der Waals surface area contributed by atoms with Crippen molar-refractivity contribution in [3.8, 4) is 5.75 Å². The standard InChI is InChI=1S/C19H21BrN2O4S/c20-15-6-5-7-16(13-15)21-19(24)14-8-9-17(23)18(12-14)27(25,26)22-10-3-1-2-4-11-22/h5-9,12-13,23H,1-4,10-11H2,(H,21,24). The summed E-state index contributed by atoms with van der Waals surface area (Å²) in [6.07, 6.45) is 3.58. The topological polar surface area (TPSA) is 86.7 Å². The number of sulfonamides is 1. The van der Waals surface area contributed by atoms with Crippen LogP contribution in [0.1, 0.15) is 36.0 Å². The fraction of sp³-hybridized carbons (Fsp3) is 0.316. The van der Waals surface area contributed by atoms with Crippen LogP contribution in [0.4, 0.5) is 5.69 Å². The van der Waals surface area contributed by atoms with E-state index in [1.54, 1.807) is 18.2 Å². The summed E-state index contributed by atoms with van der Waals surface area (Å²) < 4.78 is 28.1. The van der Waals surface area contributed by atoms with Gasteiger partial charge in [-0.2, -0.15) is 4.31 Å². The summed E-state index contributed by atoms with van der Waals surface area (Å²) in [6, 6.07) is 11.0. The average Bonchev–Trinajstić information content (AvgIpc) is 2.92. The highest BCUT2D eigenvalue weighted by Gasteiger charge is 2.28. The van der Waals surface area contributed by atoms with Gasteiger partial charge in [-0.1, -0.05) is 34.8 Å². The molecule has 1 aliphatic rings. The molecular weight excluding hydrogens is 432 g/mol. The lowest BCUT2D eigenvalue weighted by atomic mass is 10.2. The third-order valence-corrected chi connectivity index (χ3v) is 6.91. The van der Waals surface area contributed by atoms with Crippen LogP contribution in [0, 0.1) is 0 Å². The Labute approximate surface area is 167 Å². The number of phenolic OH excluding ortho intramolecular Hbond substituents is 1. The van der Waals surface area contributed by atoms with Gasteiger partial charge >= 0.3 is 0 Å². The molecule has 0 saturated carbocycles. The number of hydrogen-bond acceptors (Lipinski definition) is 4. The molecule has 3 rings (SSSR count). The normalized spacial score (nSPS) is 15.9. The van der Waals surface area contributed by atoms with Crippen molar-refractivity contribution in [3.05, 3.63) is 52.5 Å². The Morgan fingerprint density at radius 3 is 2.41 bits per heavy atom. The third kappa shape index (κ3) is 4.69. The van der Waals surface area contributed by atoms with Gasteiger partial charge in [-0.25, -0.2) is 8.42 Å². The lowest BCUT2D eigenvalue weighted by Gasteiger charge is -2.20. The van der Waals surface area contributed by atoms with E-state index in [0.717, 1.165) is 30.2 Å². The zero-order chi connectivity index (χ0) is 19.4. The maximum Gasteiger partial charge on any atom is 0.255 e. The minimum atomic E-state index is -3.86. The molecule has 0 atom stereocenters. The fourth-order valence-electron chi connectivity index (χ4n) is 3.05. The highest BCUT2D eigenvalue weighted by Crippen LogP contribution is 2.29. The van der Waals surface area contributed by atoms with Gasteiger partial charge in [-0.3, -0.25) is 4.79 Å². The summed E-state index contributed by atoms with van der Waals surface area (Å²) in [6.45, 7) is 0.854. The molecule has 2 aromatic carbocycles. The molecule has 0 radical (unpaired) electrons. The lowest BCUT2D eigenvalue weighted by Crippen LogP contribution is -2.32. The van der Waals surface area contributed by atoms with Gasteiger partial charge in [0.15, 0.2) is 0 Å². The van der Waals surface area contributed by atoms with E-state index < -0.39 is 15.9 Å². The van der Waals surface area contributed by atoms with Gasteiger partial charge in [0.1, 0.15) is 10.6 Å². The zero-order valence-electron chi connectivity index (χ0n) is 14.7. The number of nitrogens with zero attached hydrogens (tertiary/aromatic N) is 1. The van der Waals surface area contributed by atoms with Crippen molar-refractivity contribution in [1.82, 2.24) is 4.31 Å². The van der Waals surface area contributed by atoms with E-state index in [9.17, 15) is 18.3 Å². The molecule has 0 unspecified atom stereocenters.